The molecule has 5 heteroatoms. The topological polar surface area (TPSA) is 73.6 Å². The fourth-order valence-corrected chi connectivity index (χ4v) is 2.16. The Labute approximate surface area is 125 Å². The molecule has 1 amide bonds. The lowest BCUT2D eigenvalue weighted by Crippen LogP contribution is -2.39. The summed E-state index contributed by atoms with van der Waals surface area (Å²) in [6.07, 6.45) is 2.31. The summed E-state index contributed by atoms with van der Waals surface area (Å²) < 4.78 is 11.2. The van der Waals surface area contributed by atoms with E-state index in [4.69, 9.17) is 15.2 Å². The van der Waals surface area contributed by atoms with Crippen LogP contribution in [0.15, 0.2) is 24.3 Å². The average Bonchev–Trinajstić information content (AvgIpc) is 2.98. The quantitative estimate of drug-likeness (QED) is 0.842. The van der Waals surface area contributed by atoms with Crippen LogP contribution in [-0.4, -0.2) is 31.3 Å². The van der Waals surface area contributed by atoms with Crippen LogP contribution in [-0.2, 0) is 9.53 Å². The van der Waals surface area contributed by atoms with Crippen LogP contribution in [0.4, 0.5) is 5.69 Å². The van der Waals surface area contributed by atoms with Gasteiger partial charge in [-0.2, -0.15) is 0 Å². The molecule has 1 heterocycles. The summed E-state index contributed by atoms with van der Waals surface area (Å²) in [4.78, 5) is 11.9. The molecule has 5 nitrogen and oxygen atoms in total. The predicted molar refractivity (Wildman–Crippen MR) is 82.4 cm³/mol. The molecule has 0 bridgehead atoms. The van der Waals surface area contributed by atoms with Gasteiger partial charge in [0.1, 0.15) is 12.4 Å². The molecule has 1 aromatic carbocycles. The number of nitrogens with one attached hydrogen (secondary N) is 1. The van der Waals surface area contributed by atoms with Gasteiger partial charge in [0.15, 0.2) is 0 Å². The number of anilines is 1. The zero-order chi connectivity index (χ0) is 15.2. The summed E-state index contributed by atoms with van der Waals surface area (Å²) in [6, 6.07) is 6.83. The monoisotopic (exact) mass is 292 g/mol. The first-order valence-corrected chi connectivity index (χ1v) is 7.47. The van der Waals surface area contributed by atoms with Crippen molar-refractivity contribution in [2.45, 2.75) is 38.8 Å². The van der Waals surface area contributed by atoms with Crippen LogP contribution in [0.25, 0.3) is 0 Å². The first-order valence-electron chi connectivity index (χ1n) is 7.47. The second kappa shape index (κ2) is 7.43. The molecule has 21 heavy (non-hydrogen) atoms. The molecule has 0 saturated carbocycles. The average molecular weight is 292 g/mol. The first-order chi connectivity index (χ1) is 10.1. The van der Waals surface area contributed by atoms with Crippen molar-refractivity contribution >= 4 is 11.6 Å². The summed E-state index contributed by atoms with van der Waals surface area (Å²) in [6.45, 7) is 5.21. The zero-order valence-electron chi connectivity index (χ0n) is 12.7. The summed E-state index contributed by atoms with van der Waals surface area (Å²) in [5.74, 6) is 0.645. The van der Waals surface area contributed by atoms with Gasteiger partial charge in [-0.25, -0.2) is 0 Å². The normalized spacial score (nSPS) is 19.5. The fourth-order valence-electron chi connectivity index (χ4n) is 2.16. The summed E-state index contributed by atoms with van der Waals surface area (Å²) >= 11 is 0. The van der Waals surface area contributed by atoms with E-state index in [-0.39, 0.29) is 17.9 Å². The van der Waals surface area contributed by atoms with Crippen molar-refractivity contribution < 1.29 is 14.3 Å². The second-order valence-corrected chi connectivity index (χ2v) is 5.73. The van der Waals surface area contributed by atoms with Crippen LogP contribution in [0.5, 0.6) is 5.75 Å². The van der Waals surface area contributed by atoms with Crippen molar-refractivity contribution in [1.82, 2.24) is 0 Å². The van der Waals surface area contributed by atoms with Crippen LogP contribution < -0.4 is 15.8 Å². The molecule has 2 unspecified atom stereocenters. The lowest BCUT2D eigenvalue weighted by Gasteiger charge is -2.16. The van der Waals surface area contributed by atoms with Crippen molar-refractivity contribution in [3.8, 4) is 5.75 Å². The van der Waals surface area contributed by atoms with Crippen LogP contribution in [0.1, 0.15) is 26.7 Å². The lowest BCUT2D eigenvalue weighted by atomic mass is 10.0. The van der Waals surface area contributed by atoms with E-state index in [1.165, 1.54) is 0 Å². The van der Waals surface area contributed by atoms with Gasteiger partial charge in [0.2, 0.25) is 5.91 Å². The van der Waals surface area contributed by atoms with E-state index in [1.54, 1.807) is 6.07 Å². The fraction of sp³-hybridized carbons (Fsp3) is 0.562. The minimum Gasteiger partial charge on any atom is -0.491 e. The number of hydrogen-bond acceptors (Lipinski definition) is 4. The largest absolute Gasteiger partial charge is 0.491 e. The molecule has 2 rings (SSSR count). The van der Waals surface area contributed by atoms with E-state index >= 15 is 0 Å². The highest BCUT2D eigenvalue weighted by Crippen LogP contribution is 2.20. The van der Waals surface area contributed by atoms with E-state index in [0.29, 0.717) is 12.3 Å². The molecule has 2 atom stereocenters. The SMILES string of the molecule is CC(C)C(N)C(=O)Nc1cccc(OCC2CCCO2)c1. The highest BCUT2D eigenvalue weighted by Gasteiger charge is 2.18. The van der Waals surface area contributed by atoms with E-state index in [2.05, 4.69) is 5.32 Å². The first kappa shape index (κ1) is 15.8. The van der Waals surface area contributed by atoms with E-state index in [9.17, 15) is 4.79 Å². The smallest absolute Gasteiger partial charge is 0.241 e. The third-order valence-electron chi connectivity index (χ3n) is 3.58. The van der Waals surface area contributed by atoms with Gasteiger partial charge >= 0.3 is 0 Å². The predicted octanol–water partition coefficient (Wildman–Crippen LogP) is 2.17. The standard InChI is InChI=1S/C16H24N2O3/c1-11(2)15(17)16(19)18-12-5-3-6-13(9-12)21-10-14-7-4-8-20-14/h3,5-6,9,11,14-15H,4,7-8,10,17H2,1-2H3,(H,18,19). The van der Waals surface area contributed by atoms with Gasteiger partial charge in [0.25, 0.3) is 0 Å². The third kappa shape index (κ3) is 4.72. The molecule has 1 aliphatic heterocycles. The highest BCUT2D eigenvalue weighted by atomic mass is 16.5. The van der Waals surface area contributed by atoms with Crippen molar-refractivity contribution in [3.63, 3.8) is 0 Å². The number of carbonyl (C=O) groups is 1. The number of carbonyl (C=O) groups excluding carboxylic acids is 1. The van der Waals surface area contributed by atoms with Gasteiger partial charge < -0.3 is 20.5 Å². The Hall–Kier alpha value is -1.59. The third-order valence-corrected chi connectivity index (χ3v) is 3.58. The van der Waals surface area contributed by atoms with Crippen molar-refractivity contribution in [3.05, 3.63) is 24.3 Å². The maximum Gasteiger partial charge on any atom is 0.241 e. The number of amides is 1. The van der Waals surface area contributed by atoms with Gasteiger partial charge in [-0.15, -0.1) is 0 Å². The van der Waals surface area contributed by atoms with E-state index in [0.717, 1.165) is 25.2 Å². The van der Waals surface area contributed by atoms with Gasteiger partial charge in [-0.1, -0.05) is 19.9 Å². The number of nitrogens with two attached hydrogens (primary N) is 1. The Kier molecular flexibility index (Phi) is 5.59. The summed E-state index contributed by atoms with van der Waals surface area (Å²) in [5.41, 5.74) is 6.52. The van der Waals surface area contributed by atoms with Crippen molar-refractivity contribution in [2.75, 3.05) is 18.5 Å². The molecule has 1 aliphatic rings. The maximum absolute atomic E-state index is 11.9. The molecule has 0 spiro atoms. The van der Waals surface area contributed by atoms with E-state index < -0.39 is 6.04 Å². The second-order valence-electron chi connectivity index (χ2n) is 5.73. The maximum atomic E-state index is 11.9. The van der Waals surface area contributed by atoms with Crippen molar-refractivity contribution in [1.29, 1.82) is 0 Å². The Morgan fingerprint density at radius 2 is 2.33 bits per heavy atom. The van der Waals surface area contributed by atoms with Gasteiger partial charge in [-0.3, -0.25) is 4.79 Å². The molecule has 116 valence electrons. The summed E-state index contributed by atoms with van der Waals surface area (Å²) in [5, 5.41) is 2.82. The highest BCUT2D eigenvalue weighted by molar-refractivity contribution is 5.94. The number of hydrogen-bond donors (Lipinski definition) is 2. The van der Waals surface area contributed by atoms with E-state index in [1.807, 2.05) is 32.0 Å². The van der Waals surface area contributed by atoms with Crippen LogP contribution in [0.3, 0.4) is 0 Å². The van der Waals surface area contributed by atoms with Crippen LogP contribution in [0.2, 0.25) is 0 Å². The van der Waals surface area contributed by atoms with Crippen LogP contribution in [0, 0.1) is 5.92 Å². The molecule has 0 aromatic heterocycles. The molecule has 1 fully saturated rings. The molecule has 0 aliphatic carbocycles. The number of rotatable bonds is 6. The summed E-state index contributed by atoms with van der Waals surface area (Å²) in [7, 11) is 0. The molecule has 1 saturated heterocycles. The zero-order valence-corrected chi connectivity index (χ0v) is 12.7. The Morgan fingerprint density at radius 1 is 1.52 bits per heavy atom. The number of benzene rings is 1. The minimum absolute atomic E-state index is 0.101. The van der Waals surface area contributed by atoms with Gasteiger partial charge in [-0.05, 0) is 30.9 Å². The van der Waals surface area contributed by atoms with Crippen molar-refractivity contribution in [2.24, 2.45) is 11.7 Å². The molecule has 1 aromatic rings. The number of ether oxygens (including phenoxy) is 2. The minimum atomic E-state index is -0.513. The van der Waals surface area contributed by atoms with Gasteiger partial charge in [0, 0.05) is 18.4 Å². The Bertz CT molecular complexity index is 470. The molecule has 3 N–H and O–H groups in total. The van der Waals surface area contributed by atoms with Gasteiger partial charge in [0.05, 0.1) is 12.1 Å². The molecular weight excluding hydrogens is 268 g/mol. The lowest BCUT2D eigenvalue weighted by molar-refractivity contribution is -0.118. The molecule has 0 radical (unpaired) electrons. The Morgan fingerprint density at radius 3 is 3.00 bits per heavy atom. The van der Waals surface area contributed by atoms with Crippen LogP contribution >= 0.6 is 0 Å². The molecular formula is C16H24N2O3. The Balaban J connectivity index is 1.89.